The number of hydrogen-bond donors (Lipinski definition) is 0. The van der Waals surface area contributed by atoms with Gasteiger partial charge in [-0.2, -0.15) is 0 Å². The first-order chi connectivity index (χ1) is 14.1. The van der Waals surface area contributed by atoms with Crippen LogP contribution in [0.3, 0.4) is 0 Å². The Kier molecular flexibility index (Phi) is 6.11. The van der Waals surface area contributed by atoms with Crippen molar-refractivity contribution >= 4 is 27.5 Å². The van der Waals surface area contributed by atoms with E-state index in [9.17, 15) is 4.79 Å². The van der Waals surface area contributed by atoms with Crippen LogP contribution < -0.4 is 4.74 Å². The molecule has 3 aromatic rings. The second-order valence-electron chi connectivity index (χ2n) is 7.81. The molecule has 0 N–H and O–H groups in total. The largest absolute Gasteiger partial charge is 0.431 e. The highest BCUT2D eigenvalue weighted by Gasteiger charge is 2.21. The predicted molar refractivity (Wildman–Crippen MR) is 117 cm³/mol. The lowest BCUT2D eigenvalue weighted by Crippen LogP contribution is -2.38. The number of aromatic nitrogens is 1. The summed E-state index contributed by atoms with van der Waals surface area (Å²) in [6.45, 7) is 5.64. The van der Waals surface area contributed by atoms with Crippen LogP contribution in [0, 0.1) is 5.92 Å². The fourth-order valence-corrected chi connectivity index (χ4v) is 4.59. The number of nitrogens with zero attached hydrogens (tertiary/aromatic N) is 3. The van der Waals surface area contributed by atoms with Crippen LogP contribution in [0.5, 0.6) is 10.9 Å². The molecule has 0 atom stereocenters. The van der Waals surface area contributed by atoms with Crippen molar-refractivity contribution in [3.8, 4) is 10.9 Å². The third-order valence-corrected chi connectivity index (χ3v) is 6.50. The van der Waals surface area contributed by atoms with Crippen LogP contribution in [-0.2, 0) is 11.3 Å². The van der Waals surface area contributed by atoms with Crippen LogP contribution in [0.25, 0.3) is 10.2 Å². The quantitative estimate of drug-likeness (QED) is 0.588. The molecule has 5 nitrogen and oxygen atoms in total. The molecule has 152 valence electrons. The van der Waals surface area contributed by atoms with Crippen molar-refractivity contribution in [2.24, 2.45) is 5.92 Å². The zero-order chi connectivity index (χ0) is 20.2. The summed E-state index contributed by atoms with van der Waals surface area (Å²) in [7, 11) is 1.90. The molecule has 4 rings (SSSR count). The van der Waals surface area contributed by atoms with Gasteiger partial charge in [0.25, 0.3) is 5.19 Å². The Labute approximate surface area is 175 Å². The van der Waals surface area contributed by atoms with E-state index in [0.29, 0.717) is 11.1 Å². The predicted octanol–water partition coefficient (Wildman–Crippen LogP) is 4.78. The third-order valence-electron chi connectivity index (χ3n) is 5.59. The maximum Gasteiger partial charge on any atom is 0.279 e. The van der Waals surface area contributed by atoms with Gasteiger partial charge in [-0.25, -0.2) is 4.98 Å². The van der Waals surface area contributed by atoms with Gasteiger partial charge >= 0.3 is 0 Å². The van der Waals surface area contributed by atoms with Crippen molar-refractivity contribution < 1.29 is 9.53 Å². The van der Waals surface area contributed by atoms with Crippen LogP contribution in [0.4, 0.5) is 0 Å². The van der Waals surface area contributed by atoms with Crippen LogP contribution in [-0.4, -0.2) is 47.4 Å². The summed E-state index contributed by atoms with van der Waals surface area (Å²) in [5, 5.41) is 0.677. The van der Waals surface area contributed by atoms with E-state index in [1.165, 1.54) is 5.56 Å². The van der Waals surface area contributed by atoms with Gasteiger partial charge in [0.05, 0.1) is 10.2 Å². The number of carbonyl (C=O) groups is 1. The maximum absolute atomic E-state index is 11.4. The lowest BCUT2D eigenvalue weighted by molar-refractivity contribution is -0.128. The Morgan fingerprint density at radius 2 is 1.90 bits per heavy atom. The van der Waals surface area contributed by atoms with Crippen molar-refractivity contribution in [3.63, 3.8) is 0 Å². The molecule has 0 bridgehead atoms. The van der Waals surface area contributed by atoms with Gasteiger partial charge in [0, 0.05) is 27.1 Å². The van der Waals surface area contributed by atoms with E-state index in [0.717, 1.165) is 55.0 Å². The molecule has 0 aliphatic carbocycles. The molecule has 1 aliphatic heterocycles. The minimum Gasteiger partial charge on any atom is -0.431 e. The van der Waals surface area contributed by atoms with E-state index in [1.807, 2.05) is 42.3 Å². The Hall–Kier alpha value is -2.44. The van der Waals surface area contributed by atoms with Crippen molar-refractivity contribution in [2.75, 3.05) is 26.7 Å². The normalized spacial score (nSPS) is 15.5. The zero-order valence-corrected chi connectivity index (χ0v) is 17.8. The molecule has 0 saturated carbocycles. The van der Waals surface area contributed by atoms with E-state index in [1.54, 1.807) is 18.3 Å². The van der Waals surface area contributed by atoms with Crippen LogP contribution >= 0.6 is 11.3 Å². The number of ether oxygens (including phenoxy) is 1. The Bertz CT molecular complexity index is 929. The van der Waals surface area contributed by atoms with E-state index in [2.05, 4.69) is 28.1 Å². The molecule has 0 radical (unpaired) electrons. The standard InChI is InChI=1S/C23H27N3O2S/c1-17(27)25(2)15-19-11-13-26(14-12-19)16-18-7-9-20(10-8-18)28-23-24-21-5-3-4-6-22(21)29-23/h3-10,19H,11-16H2,1-2H3. The van der Waals surface area contributed by atoms with Gasteiger partial charge < -0.3 is 9.64 Å². The fourth-order valence-electron chi connectivity index (χ4n) is 3.76. The number of thiazole rings is 1. The average Bonchev–Trinajstić information content (AvgIpc) is 3.13. The lowest BCUT2D eigenvalue weighted by atomic mass is 9.96. The Morgan fingerprint density at radius 1 is 1.17 bits per heavy atom. The first-order valence-electron chi connectivity index (χ1n) is 10.1. The molecule has 29 heavy (non-hydrogen) atoms. The van der Waals surface area contributed by atoms with Gasteiger partial charge in [-0.05, 0) is 61.7 Å². The second kappa shape index (κ2) is 8.93. The first kappa shape index (κ1) is 19.9. The highest BCUT2D eigenvalue weighted by molar-refractivity contribution is 7.20. The molecule has 1 saturated heterocycles. The fraction of sp³-hybridized carbons (Fsp3) is 0.391. The molecule has 1 aliphatic rings. The molecule has 1 fully saturated rings. The second-order valence-corrected chi connectivity index (χ2v) is 8.81. The van der Waals surface area contributed by atoms with Gasteiger partial charge in [0.15, 0.2) is 0 Å². The van der Waals surface area contributed by atoms with Crippen molar-refractivity contribution in [1.29, 1.82) is 0 Å². The minimum atomic E-state index is 0.153. The number of piperidine rings is 1. The summed E-state index contributed by atoms with van der Waals surface area (Å²) in [5.74, 6) is 1.59. The monoisotopic (exact) mass is 409 g/mol. The van der Waals surface area contributed by atoms with Crippen molar-refractivity contribution in [2.45, 2.75) is 26.3 Å². The minimum absolute atomic E-state index is 0.153. The topological polar surface area (TPSA) is 45.7 Å². The highest BCUT2D eigenvalue weighted by Crippen LogP contribution is 2.31. The van der Waals surface area contributed by atoms with Gasteiger partial charge in [0.2, 0.25) is 5.91 Å². The summed E-state index contributed by atoms with van der Waals surface area (Å²) in [6, 6.07) is 16.4. The highest BCUT2D eigenvalue weighted by atomic mass is 32.1. The first-order valence-corrected chi connectivity index (χ1v) is 10.9. The maximum atomic E-state index is 11.4. The molecule has 2 heterocycles. The molecule has 6 heteroatoms. The molecule has 0 unspecified atom stereocenters. The number of hydrogen-bond acceptors (Lipinski definition) is 5. The zero-order valence-electron chi connectivity index (χ0n) is 17.0. The van der Waals surface area contributed by atoms with E-state index >= 15 is 0 Å². The molecular formula is C23H27N3O2S. The van der Waals surface area contributed by atoms with E-state index in [4.69, 9.17) is 4.74 Å². The number of benzene rings is 2. The summed E-state index contributed by atoms with van der Waals surface area (Å²) in [6.07, 6.45) is 2.30. The van der Waals surface area contributed by atoms with Crippen LogP contribution in [0.1, 0.15) is 25.3 Å². The summed E-state index contributed by atoms with van der Waals surface area (Å²) >= 11 is 1.56. The smallest absolute Gasteiger partial charge is 0.279 e. The van der Waals surface area contributed by atoms with Crippen LogP contribution in [0.15, 0.2) is 48.5 Å². The average molecular weight is 410 g/mol. The number of fused-ring (bicyclic) bond motifs is 1. The SMILES string of the molecule is CC(=O)N(C)CC1CCN(Cc2ccc(Oc3nc4ccccc4s3)cc2)CC1. The number of likely N-dealkylation sites (tertiary alicyclic amines) is 1. The summed E-state index contributed by atoms with van der Waals surface area (Å²) < 4.78 is 7.08. The Morgan fingerprint density at radius 3 is 2.59 bits per heavy atom. The summed E-state index contributed by atoms with van der Waals surface area (Å²) in [4.78, 5) is 20.3. The van der Waals surface area contributed by atoms with E-state index in [-0.39, 0.29) is 5.91 Å². The number of rotatable bonds is 6. The van der Waals surface area contributed by atoms with Gasteiger partial charge in [-0.1, -0.05) is 35.6 Å². The third kappa shape index (κ3) is 5.14. The van der Waals surface area contributed by atoms with Gasteiger partial charge in [-0.15, -0.1) is 0 Å². The Balaban J connectivity index is 1.28. The lowest BCUT2D eigenvalue weighted by Gasteiger charge is -2.33. The van der Waals surface area contributed by atoms with Gasteiger partial charge in [-0.3, -0.25) is 9.69 Å². The molecule has 1 amide bonds. The molecule has 1 aromatic heterocycles. The number of para-hydroxylation sites is 1. The summed E-state index contributed by atoms with van der Waals surface area (Å²) in [5.41, 5.74) is 2.27. The van der Waals surface area contributed by atoms with Crippen molar-refractivity contribution in [1.82, 2.24) is 14.8 Å². The number of amides is 1. The van der Waals surface area contributed by atoms with E-state index < -0.39 is 0 Å². The molecule has 2 aromatic carbocycles. The molecule has 0 spiro atoms. The number of carbonyl (C=O) groups excluding carboxylic acids is 1. The van der Waals surface area contributed by atoms with Crippen LogP contribution in [0.2, 0.25) is 0 Å². The van der Waals surface area contributed by atoms with Crippen molar-refractivity contribution in [3.05, 3.63) is 54.1 Å². The van der Waals surface area contributed by atoms with Gasteiger partial charge in [0.1, 0.15) is 5.75 Å². The molecular weight excluding hydrogens is 382 g/mol.